The van der Waals surface area contributed by atoms with E-state index in [2.05, 4.69) is 6.07 Å². The molecule has 30 heavy (non-hydrogen) atoms. The molecule has 3 heterocycles. The van der Waals surface area contributed by atoms with Gasteiger partial charge in [0.2, 0.25) is 13.0 Å². The van der Waals surface area contributed by atoms with E-state index in [0.29, 0.717) is 10.0 Å². The number of benzene rings is 3. The molecule has 3 aromatic rings. The standard InChI is InChI=1S/C23H16Cl2N2O3/c24-16-7-5-14(9-17(16)25)23-27-19(15-3-1-2-4-20(15)30-23)11-18(26-27)13-6-8-21-22(10-13)29-12-28-21/h1-10,19,23H,11-12H2/t19-,23+/m1/s1. The molecule has 0 saturated heterocycles. The van der Waals surface area contributed by atoms with E-state index in [1.54, 1.807) is 6.07 Å². The molecule has 2 atom stereocenters. The van der Waals surface area contributed by atoms with Crippen LogP contribution in [0.1, 0.15) is 35.4 Å². The van der Waals surface area contributed by atoms with Crippen LogP contribution in [-0.4, -0.2) is 17.5 Å². The number of hydrogen-bond acceptors (Lipinski definition) is 5. The Labute approximate surface area is 183 Å². The van der Waals surface area contributed by atoms with Crippen molar-refractivity contribution in [3.8, 4) is 17.2 Å². The molecule has 0 aromatic heterocycles. The zero-order chi connectivity index (χ0) is 20.2. The summed E-state index contributed by atoms with van der Waals surface area (Å²) in [6.07, 6.45) is 0.365. The molecule has 5 nitrogen and oxygen atoms in total. The van der Waals surface area contributed by atoms with Gasteiger partial charge in [0, 0.05) is 23.1 Å². The lowest BCUT2D eigenvalue weighted by molar-refractivity contribution is -0.0190. The van der Waals surface area contributed by atoms with E-state index in [0.717, 1.165) is 46.1 Å². The van der Waals surface area contributed by atoms with E-state index in [4.69, 9.17) is 42.5 Å². The Morgan fingerprint density at radius 2 is 1.73 bits per heavy atom. The Kier molecular flexibility index (Phi) is 4.08. The van der Waals surface area contributed by atoms with Gasteiger partial charge in [-0.1, -0.05) is 47.5 Å². The second-order valence-electron chi connectivity index (χ2n) is 7.40. The quantitative estimate of drug-likeness (QED) is 0.494. The van der Waals surface area contributed by atoms with Gasteiger partial charge in [-0.2, -0.15) is 5.10 Å². The number of fused-ring (bicyclic) bond motifs is 4. The highest BCUT2D eigenvalue weighted by Crippen LogP contribution is 2.48. The van der Waals surface area contributed by atoms with Gasteiger partial charge in [-0.3, -0.25) is 0 Å². The Morgan fingerprint density at radius 1 is 0.867 bits per heavy atom. The van der Waals surface area contributed by atoms with Crippen molar-refractivity contribution in [3.05, 3.63) is 87.4 Å². The molecule has 3 aliphatic rings. The third kappa shape index (κ3) is 2.81. The average molecular weight is 439 g/mol. The van der Waals surface area contributed by atoms with Gasteiger partial charge in [0.25, 0.3) is 0 Å². The maximum Gasteiger partial charge on any atom is 0.231 e. The fraction of sp³-hybridized carbons (Fsp3) is 0.174. The number of nitrogens with zero attached hydrogens (tertiary/aromatic N) is 2. The molecule has 150 valence electrons. The molecule has 6 rings (SSSR count). The van der Waals surface area contributed by atoms with Gasteiger partial charge in [-0.05, 0) is 36.4 Å². The minimum absolute atomic E-state index is 0.0647. The summed E-state index contributed by atoms with van der Waals surface area (Å²) in [5.74, 6) is 2.37. The van der Waals surface area contributed by atoms with E-state index in [-0.39, 0.29) is 12.8 Å². The highest BCUT2D eigenvalue weighted by Gasteiger charge is 2.41. The summed E-state index contributed by atoms with van der Waals surface area (Å²) in [6, 6.07) is 19.7. The lowest BCUT2D eigenvalue weighted by Crippen LogP contribution is -2.33. The fourth-order valence-electron chi connectivity index (χ4n) is 4.17. The molecule has 0 saturated carbocycles. The van der Waals surface area contributed by atoms with Gasteiger partial charge < -0.3 is 14.2 Å². The van der Waals surface area contributed by atoms with Crippen LogP contribution >= 0.6 is 23.2 Å². The number of para-hydroxylation sites is 1. The zero-order valence-electron chi connectivity index (χ0n) is 15.7. The number of rotatable bonds is 2. The number of hydrogen-bond donors (Lipinski definition) is 0. The second kappa shape index (κ2) is 6.83. The van der Waals surface area contributed by atoms with E-state index in [1.807, 2.05) is 53.5 Å². The molecule has 7 heteroatoms. The van der Waals surface area contributed by atoms with Crippen molar-refractivity contribution in [3.63, 3.8) is 0 Å². The van der Waals surface area contributed by atoms with Crippen LogP contribution in [0.5, 0.6) is 17.2 Å². The number of ether oxygens (including phenoxy) is 3. The predicted molar refractivity (Wildman–Crippen MR) is 115 cm³/mol. The van der Waals surface area contributed by atoms with Crippen LogP contribution in [0.2, 0.25) is 10.0 Å². The summed E-state index contributed by atoms with van der Waals surface area (Å²) < 4.78 is 17.3. The van der Waals surface area contributed by atoms with Gasteiger partial charge in [-0.25, -0.2) is 5.01 Å². The summed E-state index contributed by atoms with van der Waals surface area (Å²) in [4.78, 5) is 0. The van der Waals surface area contributed by atoms with Gasteiger partial charge in [-0.15, -0.1) is 0 Å². The fourth-order valence-corrected chi connectivity index (χ4v) is 4.48. The topological polar surface area (TPSA) is 43.3 Å². The summed E-state index contributed by atoms with van der Waals surface area (Å²) in [6.45, 7) is 0.251. The van der Waals surface area contributed by atoms with Crippen LogP contribution < -0.4 is 14.2 Å². The number of halogens is 2. The van der Waals surface area contributed by atoms with Crippen LogP contribution in [-0.2, 0) is 0 Å². The van der Waals surface area contributed by atoms with E-state index < -0.39 is 6.23 Å². The molecule has 3 aliphatic heterocycles. The van der Waals surface area contributed by atoms with Crippen molar-refractivity contribution in [1.29, 1.82) is 0 Å². The molecule has 0 bridgehead atoms. The molecule has 0 fully saturated rings. The zero-order valence-corrected chi connectivity index (χ0v) is 17.2. The van der Waals surface area contributed by atoms with E-state index >= 15 is 0 Å². The summed E-state index contributed by atoms with van der Waals surface area (Å²) in [5.41, 5.74) is 4.01. The van der Waals surface area contributed by atoms with Gasteiger partial charge in [0.05, 0.1) is 21.8 Å². The maximum absolute atomic E-state index is 6.36. The first-order chi connectivity index (χ1) is 14.7. The highest BCUT2D eigenvalue weighted by atomic mass is 35.5. The third-order valence-corrected chi connectivity index (χ3v) is 6.37. The Hall–Kier alpha value is -2.89. The van der Waals surface area contributed by atoms with Gasteiger partial charge >= 0.3 is 0 Å². The molecular weight excluding hydrogens is 423 g/mol. The first-order valence-electron chi connectivity index (χ1n) is 9.64. The SMILES string of the molecule is Clc1ccc([C@@H]2Oc3ccccc3[C@H]3CC(c4ccc5c(c4)OCO5)=NN32)cc1Cl. The monoisotopic (exact) mass is 438 g/mol. The van der Waals surface area contributed by atoms with Crippen molar-refractivity contribution in [2.75, 3.05) is 6.79 Å². The van der Waals surface area contributed by atoms with Crippen molar-refractivity contribution < 1.29 is 14.2 Å². The average Bonchev–Trinajstić information content (AvgIpc) is 3.42. The van der Waals surface area contributed by atoms with E-state index in [9.17, 15) is 0 Å². The minimum atomic E-state index is -0.397. The maximum atomic E-state index is 6.36. The number of hydrazone groups is 1. The summed E-state index contributed by atoms with van der Waals surface area (Å²) in [7, 11) is 0. The molecule has 0 spiro atoms. The summed E-state index contributed by atoms with van der Waals surface area (Å²) >= 11 is 12.4. The third-order valence-electron chi connectivity index (χ3n) is 5.63. The first kappa shape index (κ1) is 17.9. The van der Waals surface area contributed by atoms with Crippen LogP contribution in [0.25, 0.3) is 0 Å². The van der Waals surface area contributed by atoms with Crippen LogP contribution in [0.15, 0.2) is 65.8 Å². The van der Waals surface area contributed by atoms with Gasteiger partial charge in [0.15, 0.2) is 11.5 Å². The molecule has 3 aromatic carbocycles. The smallest absolute Gasteiger partial charge is 0.231 e. The Morgan fingerprint density at radius 3 is 2.63 bits per heavy atom. The summed E-state index contributed by atoms with van der Waals surface area (Å²) in [5, 5.41) is 7.99. The van der Waals surface area contributed by atoms with Crippen molar-refractivity contribution in [1.82, 2.24) is 5.01 Å². The largest absolute Gasteiger partial charge is 0.464 e. The van der Waals surface area contributed by atoms with Gasteiger partial charge in [0.1, 0.15) is 5.75 Å². The predicted octanol–water partition coefficient (Wildman–Crippen LogP) is 5.96. The van der Waals surface area contributed by atoms with Crippen molar-refractivity contribution in [2.24, 2.45) is 5.10 Å². The molecule has 0 unspecified atom stereocenters. The normalized spacial score (nSPS) is 21.0. The highest BCUT2D eigenvalue weighted by molar-refractivity contribution is 6.42. The lowest BCUT2D eigenvalue weighted by Gasteiger charge is -2.38. The Balaban J connectivity index is 1.43. The van der Waals surface area contributed by atoms with E-state index in [1.165, 1.54) is 0 Å². The second-order valence-corrected chi connectivity index (χ2v) is 8.21. The van der Waals surface area contributed by atoms with Crippen LogP contribution in [0, 0.1) is 0 Å². The molecule has 0 radical (unpaired) electrons. The van der Waals surface area contributed by atoms with Crippen LogP contribution in [0.4, 0.5) is 0 Å². The molecule has 0 aliphatic carbocycles. The Bertz CT molecular complexity index is 1200. The van der Waals surface area contributed by atoms with Crippen molar-refractivity contribution in [2.45, 2.75) is 18.7 Å². The van der Waals surface area contributed by atoms with Crippen molar-refractivity contribution >= 4 is 28.9 Å². The lowest BCUT2D eigenvalue weighted by atomic mass is 9.96. The molecule has 0 amide bonds. The first-order valence-corrected chi connectivity index (χ1v) is 10.4. The molecular formula is C23H16Cl2N2O3. The minimum Gasteiger partial charge on any atom is -0.464 e. The van der Waals surface area contributed by atoms with Crippen LogP contribution in [0.3, 0.4) is 0 Å². The molecule has 0 N–H and O–H groups in total.